The fraction of sp³-hybridized carbons (Fsp3) is 0.727. The van der Waals surface area contributed by atoms with Crippen LogP contribution in [-0.4, -0.2) is 18.6 Å². The molecule has 0 heterocycles. The molecule has 0 radical (unpaired) electrons. The van der Waals surface area contributed by atoms with E-state index in [0.717, 1.165) is 12.8 Å². The lowest BCUT2D eigenvalue weighted by Crippen LogP contribution is -2.46. The molecule has 1 unspecified atom stereocenters. The molecule has 0 aliphatic heterocycles. The van der Waals surface area contributed by atoms with Gasteiger partial charge in [-0.15, -0.1) is 0 Å². The maximum Gasteiger partial charge on any atom is 0.325 e. The molecule has 0 amide bonds. The van der Waals surface area contributed by atoms with Crippen LogP contribution >= 0.6 is 0 Å². The van der Waals surface area contributed by atoms with Crippen LogP contribution in [-0.2, 0) is 9.53 Å². The van der Waals surface area contributed by atoms with Gasteiger partial charge in [0.1, 0.15) is 5.54 Å². The second kappa shape index (κ2) is 4.60. The van der Waals surface area contributed by atoms with Gasteiger partial charge >= 0.3 is 5.97 Å². The molecule has 1 rings (SSSR count). The Morgan fingerprint density at radius 1 is 1.64 bits per heavy atom. The number of allylic oxidation sites excluding steroid dienone is 1. The van der Waals surface area contributed by atoms with Crippen LogP contribution in [0.1, 0.15) is 39.0 Å². The van der Waals surface area contributed by atoms with Gasteiger partial charge < -0.3 is 10.5 Å². The molecule has 0 aromatic heterocycles. The number of carbonyl (C=O) groups is 1. The van der Waals surface area contributed by atoms with Crippen molar-refractivity contribution in [1.82, 2.24) is 0 Å². The summed E-state index contributed by atoms with van der Waals surface area (Å²) in [5.41, 5.74) is 6.32. The van der Waals surface area contributed by atoms with Crippen LogP contribution in [0.5, 0.6) is 0 Å². The van der Waals surface area contributed by atoms with Crippen LogP contribution in [0.15, 0.2) is 11.6 Å². The second-order valence-electron chi connectivity index (χ2n) is 4.19. The zero-order valence-electron chi connectivity index (χ0n) is 9.01. The first-order chi connectivity index (χ1) is 6.56. The van der Waals surface area contributed by atoms with E-state index in [1.54, 1.807) is 6.92 Å². The van der Waals surface area contributed by atoms with Gasteiger partial charge in [-0.1, -0.05) is 11.6 Å². The quantitative estimate of drug-likeness (QED) is 0.554. The smallest absolute Gasteiger partial charge is 0.325 e. The monoisotopic (exact) mass is 197 g/mol. The highest BCUT2D eigenvalue weighted by atomic mass is 16.5. The van der Waals surface area contributed by atoms with Crippen LogP contribution < -0.4 is 5.73 Å². The van der Waals surface area contributed by atoms with Gasteiger partial charge in [-0.05, 0) is 39.0 Å². The minimum atomic E-state index is -0.863. The van der Waals surface area contributed by atoms with Crippen LogP contribution in [0.3, 0.4) is 0 Å². The standard InChI is InChI=1S/C11H19NO2/c1-11(12,10(13)14-2)8-9-6-4-3-5-7-9/h6H,3-5,7-8,12H2,1-2H3. The maximum absolute atomic E-state index is 11.3. The van der Waals surface area contributed by atoms with Crippen molar-refractivity contribution in [3.8, 4) is 0 Å². The molecule has 14 heavy (non-hydrogen) atoms. The summed E-state index contributed by atoms with van der Waals surface area (Å²) >= 11 is 0. The van der Waals surface area contributed by atoms with Gasteiger partial charge in [0.2, 0.25) is 0 Å². The molecule has 3 nitrogen and oxygen atoms in total. The summed E-state index contributed by atoms with van der Waals surface area (Å²) in [4.78, 5) is 11.3. The molecule has 80 valence electrons. The van der Waals surface area contributed by atoms with Gasteiger partial charge in [0.05, 0.1) is 7.11 Å². The van der Waals surface area contributed by atoms with Crippen molar-refractivity contribution in [2.45, 2.75) is 44.6 Å². The number of ether oxygens (including phenoxy) is 1. The van der Waals surface area contributed by atoms with E-state index in [1.807, 2.05) is 0 Å². The van der Waals surface area contributed by atoms with E-state index in [9.17, 15) is 4.79 Å². The number of carbonyl (C=O) groups excluding carboxylic acids is 1. The zero-order chi connectivity index (χ0) is 10.6. The Balaban J connectivity index is 2.57. The van der Waals surface area contributed by atoms with Gasteiger partial charge in [-0.25, -0.2) is 0 Å². The normalized spacial score (nSPS) is 20.9. The minimum absolute atomic E-state index is 0.330. The topological polar surface area (TPSA) is 52.3 Å². The highest BCUT2D eigenvalue weighted by molar-refractivity contribution is 5.80. The molecule has 0 spiro atoms. The van der Waals surface area contributed by atoms with Crippen molar-refractivity contribution in [1.29, 1.82) is 0 Å². The lowest BCUT2D eigenvalue weighted by molar-refractivity contribution is -0.146. The first-order valence-electron chi connectivity index (χ1n) is 5.11. The highest BCUT2D eigenvalue weighted by Gasteiger charge is 2.30. The summed E-state index contributed by atoms with van der Waals surface area (Å²) in [6, 6.07) is 0. The van der Waals surface area contributed by atoms with Crippen molar-refractivity contribution < 1.29 is 9.53 Å². The Bertz CT molecular complexity index is 244. The zero-order valence-corrected chi connectivity index (χ0v) is 9.01. The molecule has 0 aromatic rings. The van der Waals surface area contributed by atoms with Crippen molar-refractivity contribution in [2.75, 3.05) is 7.11 Å². The van der Waals surface area contributed by atoms with Crippen LogP contribution in [0.25, 0.3) is 0 Å². The summed E-state index contributed by atoms with van der Waals surface area (Å²) in [6.07, 6.45) is 7.49. The predicted octanol–water partition coefficient (Wildman–Crippen LogP) is 1.77. The maximum atomic E-state index is 11.3. The lowest BCUT2D eigenvalue weighted by Gasteiger charge is -2.24. The Morgan fingerprint density at radius 3 is 2.86 bits per heavy atom. The van der Waals surface area contributed by atoms with E-state index in [1.165, 1.54) is 25.5 Å². The third kappa shape index (κ3) is 2.84. The second-order valence-corrected chi connectivity index (χ2v) is 4.19. The molecule has 1 aliphatic carbocycles. The summed E-state index contributed by atoms with van der Waals surface area (Å²) in [6.45, 7) is 1.73. The third-order valence-electron chi connectivity index (χ3n) is 2.63. The summed E-state index contributed by atoms with van der Waals surface area (Å²) in [7, 11) is 1.38. The van der Waals surface area contributed by atoms with Crippen molar-refractivity contribution in [3.63, 3.8) is 0 Å². The molecule has 0 saturated heterocycles. The fourth-order valence-corrected chi connectivity index (χ4v) is 1.84. The third-order valence-corrected chi connectivity index (χ3v) is 2.63. The molecule has 0 aromatic carbocycles. The molecular weight excluding hydrogens is 178 g/mol. The molecular formula is C11H19NO2. The Hall–Kier alpha value is -0.830. The molecule has 3 heteroatoms. The van der Waals surface area contributed by atoms with E-state index in [0.29, 0.717) is 6.42 Å². The molecule has 1 aliphatic rings. The first-order valence-corrected chi connectivity index (χ1v) is 5.11. The van der Waals surface area contributed by atoms with Crippen LogP contribution in [0.4, 0.5) is 0 Å². The average molecular weight is 197 g/mol. The van der Waals surface area contributed by atoms with Crippen LogP contribution in [0, 0.1) is 0 Å². The molecule has 0 bridgehead atoms. The molecule has 0 saturated carbocycles. The number of hydrogen-bond donors (Lipinski definition) is 1. The van der Waals surface area contributed by atoms with Gasteiger partial charge in [-0.3, -0.25) is 4.79 Å². The van der Waals surface area contributed by atoms with E-state index < -0.39 is 5.54 Å². The average Bonchev–Trinajstić information content (AvgIpc) is 2.17. The van der Waals surface area contributed by atoms with E-state index in [-0.39, 0.29) is 5.97 Å². The van der Waals surface area contributed by atoms with Crippen molar-refractivity contribution >= 4 is 5.97 Å². The van der Waals surface area contributed by atoms with E-state index in [4.69, 9.17) is 5.73 Å². The minimum Gasteiger partial charge on any atom is -0.468 e. The number of esters is 1. The fourth-order valence-electron chi connectivity index (χ4n) is 1.84. The molecule has 1 atom stereocenters. The summed E-state index contributed by atoms with van der Waals surface area (Å²) in [5.74, 6) is -0.330. The number of hydrogen-bond acceptors (Lipinski definition) is 3. The number of methoxy groups -OCH3 is 1. The Labute approximate surface area is 85.3 Å². The van der Waals surface area contributed by atoms with Gasteiger partial charge in [0.15, 0.2) is 0 Å². The van der Waals surface area contributed by atoms with Gasteiger partial charge in [-0.2, -0.15) is 0 Å². The van der Waals surface area contributed by atoms with Gasteiger partial charge in [0, 0.05) is 0 Å². The van der Waals surface area contributed by atoms with Crippen LogP contribution in [0.2, 0.25) is 0 Å². The molecule has 2 N–H and O–H groups in total. The summed E-state index contributed by atoms with van der Waals surface area (Å²) in [5, 5.41) is 0. The number of rotatable bonds is 3. The predicted molar refractivity (Wildman–Crippen MR) is 55.8 cm³/mol. The molecule has 0 fully saturated rings. The Kier molecular flexibility index (Phi) is 3.69. The number of nitrogens with two attached hydrogens (primary N) is 1. The SMILES string of the molecule is COC(=O)C(C)(N)CC1=CCCCC1. The van der Waals surface area contributed by atoms with Crippen molar-refractivity contribution in [2.24, 2.45) is 5.73 Å². The lowest BCUT2D eigenvalue weighted by atomic mass is 9.88. The first kappa shape index (κ1) is 11.2. The largest absolute Gasteiger partial charge is 0.468 e. The van der Waals surface area contributed by atoms with E-state index in [2.05, 4.69) is 10.8 Å². The Morgan fingerprint density at radius 2 is 2.36 bits per heavy atom. The van der Waals surface area contributed by atoms with Crippen molar-refractivity contribution in [3.05, 3.63) is 11.6 Å². The van der Waals surface area contributed by atoms with E-state index >= 15 is 0 Å². The highest BCUT2D eigenvalue weighted by Crippen LogP contribution is 2.24. The van der Waals surface area contributed by atoms with Gasteiger partial charge in [0.25, 0.3) is 0 Å². The summed E-state index contributed by atoms with van der Waals surface area (Å²) < 4.78 is 4.67.